The Morgan fingerprint density at radius 2 is 1.50 bits per heavy atom. The number of Topliss-reactive ketones (excluding diaryl/α,β-unsaturated/α-hetero) is 1. The van der Waals surface area contributed by atoms with Crippen molar-refractivity contribution in [2.45, 2.75) is 101 Å². The van der Waals surface area contributed by atoms with Gasteiger partial charge in [0.05, 0.1) is 35.7 Å². The van der Waals surface area contributed by atoms with Gasteiger partial charge >= 0.3 is 17.9 Å². The van der Waals surface area contributed by atoms with Crippen LogP contribution in [0.25, 0.3) is 0 Å². The van der Waals surface area contributed by atoms with Crippen LogP contribution in [0.2, 0.25) is 0 Å². The third-order valence-corrected chi connectivity index (χ3v) is 13.9. The summed E-state index contributed by atoms with van der Waals surface area (Å²) < 4.78 is 30.5. The quantitative estimate of drug-likeness (QED) is 0.0857. The van der Waals surface area contributed by atoms with E-state index >= 15 is 4.79 Å². The molecular weight excluding hydrogens is 819 g/mol. The minimum absolute atomic E-state index is 0.0121. The number of rotatable bonds is 12. The van der Waals surface area contributed by atoms with Gasteiger partial charge in [0.25, 0.3) is 5.91 Å². The molecule has 1 heterocycles. The summed E-state index contributed by atoms with van der Waals surface area (Å²) in [6.45, 7) is 7.16. The number of aliphatic hydroxyl groups is 3. The van der Waals surface area contributed by atoms with E-state index in [2.05, 4.69) is 5.32 Å². The Hall–Kier alpha value is -4.90. The Labute approximate surface area is 364 Å². The molecule has 4 N–H and O–H groups in total. The lowest BCUT2D eigenvalue weighted by Gasteiger charge is -2.67. The van der Waals surface area contributed by atoms with Gasteiger partial charge in [0.1, 0.15) is 35.6 Å². The van der Waals surface area contributed by atoms with Gasteiger partial charge in [0, 0.05) is 36.7 Å². The molecule has 62 heavy (non-hydrogen) atoms. The number of nitrogens with one attached hydrogen (secondary N) is 1. The van der Waals surface area contributed by atoms with Crippen LogP contribution in [0.5, 0.6) is 0 Å². The molecule has 2 saturated carbocycles. The predicted molar refractivity (Wildman–Crippen MR) is 225 cm³/mol. The molecule has 11 atom stereocenters. The van der Waals surface area contributed by atoms with Crippen molar-refractivity contribution in [3.8, 4) is 0 Å². The first-order valence-corrected chi connectivity index (χ1v) is 21.9. The molecular formula is C47H53NO13S. The van der Waals surface area contributed by atoms with Crippen LogP contribution in [0.15, 0.2) is 102 Å². The van der Waals surface area contributed by atoms with Crippen molar-refractivity contribution >= 4 is 41.4 Å². The van der Waals surface area contributed by atoms with Crippen molar-refractivity contribution in [2.24, 2.45) is 16.7 Å². The SMILES string of the molecule is CSCOC1CC2OC[C@@]2(O)C2C(OC(=O)c3ccccc3)C3(O)CC(OC(=O)C(OC(C)=O)C(NC(=O)c4ccccc4)c4ccccc4)C(C)=C(C(O)C(=O)[C@]12C)C3(C)C. The minimum Gasteiger partial charge on any atom is -0.455 e. The number of amides is 1. The lowest BCUT2D eigenvalue weighted by Crippen LogP contribution is -2.81. The van der Waals surface area contributed by atoms with Gasteiger partial charge in [-0.1, -0.05) is 80.6 Å². The summed E-state index contributed by atoms with van der Waals surface area (Å²) in [7, 11) is 0. The van der Waals surface area contributed by atoms with Gasteiger partial charge in [0.15, 0.2) is 5.78 Å². The molecule has 1 saturated heterocycles. The fourth-order valence-corrected chi connectivity index (χ4v) is 10.5. The van der Waals surface area contributed by atoms with Crippen molar-refractivity contribution in [3.05, 3.63) is 119 Å². The molecule has 330 valence electrons. The molecule has 1 amide bonds. The molecule has 1 aliphatic heterocycles. The van der Waals surface area contributed by atoms with Crippen molar-refractivity contribution in [1.82, 2.24) is 5.32 Å². The van der Waals surface area contributed by atoms with E-state index in [0.29, 0.717) is 5.56 Å². The highest BCUT2D eigenvalue weighted by Gasteiger charge is 2.76. The van der Waals surface area contributed by atoms with Crippen LogP contribution < -0.4 is 5.32 Å². The van der Waals surface area contributed by atoms with Crippen LogP contribution in [-0.4, -0.2) is 112 Å². The first-order chi connectivity index (χ1) is 29.4. The van der Waals surface area contributed by atoms with Gasteiger partial charge in [-0.05, 0) is 61.1 Å². The summed E-state index contributed by atoms with van der Waals surface area (Å²) in [4.78, 5) is 70.5. The second-order valence-electron chi connectivity index (χ2n) is 17.3. The zero-order valence-electron chi connectivity index (χ0n) is 35.4. The highest BCUT2D eigenvalue weighted by atomic mass is 32.2. The number of ether oxygens (including phenoxy) is 5. The van der Waals surface area contributed by atoms with Crippen LogP contribution in [0.4, 0.5) is 0 Å². The van der Waals surface area contributed by atoms with E-state index in [0.717, 1.165) is 6.92 Å². The van der Waals surface area contributed by atoms with Crippen molar-refractivity contribution in [1.29, 1.82) is 0 Å². The minimum atomic E-state index is -2.29. The summed E-state index contributed by atoms with van der Waals surface area (Å²) in [6, 6.07) is 23.4. The van der Waals surface area contributed by atoms with Gasteiger partial charge in [-0.2, -0.15) is 0 Å². The lowest BCUT2D eigenvalue weighted by molar-refractivity contribution is -0.345. The third kappa shape index (κ3) is 7.66. The second kappa shape index (κ2) is 17.3. The Morgan fingerprint density at radius 3 is 2.06 bits per heavy atom. The number of esters is 3. The van der Waals surface area contributed by atoms with E-state index in [-0.39, 0.29) is 41.2 Å². The molecule has 4 aliphatic rings. The van der Waals surface area contributed by atoms with E-state index in [1.165, 1.54) is 23.9 Å². The number of hydrogen-bond donors (Lipinski definition) is 4. The van der Waals surface area contributed by atoms with E-state index in [1.54, 1.807) is 107 Å². The van der Waals surface area contributed by atoms with Gasteiger partial charge < -0.3 is 44.3 Å². The summed E-state index contributed by atoms with van der Waals surface area (Å²) in [5, 5.41) is 41.5. The number of ketones is 1. The number of fused-ring (bicyclic) bond motifs is 5. The Kier molecular flexibility index (Phi) is 12.6. The smallest absolute Gasteiger partial charge is 0.350 e. The molecule has 3 aliphatic carbocycles. The van der Waals surface area contributed by atoms with Crippen molar-refractivity contribution < 1.29 is 63.0 Å². The zero-order valence-corrected chi connectivity index (χ0v) is 36.3. The van der Waals surface area contributed by atoms with E-state index in [4.69, 9.17) is 23.7 Å². The zero-order chi connectivity index (χ0) is 44.8. The average Bonchev–Trinajstić information content (AvgIpc) is 3.25. The Balaban J connectivity index is 1.36. The van der Waals surface area contributed by atoms with E-state index < -0.39 is 107 Å². The third-order valence-electron chi connectivity index (χ3n) is 13.5. The van der Waals surface area contributed by atoms with Crippen molar-refractivity contribution in [3.63, 3.8) is 0 Å². The maximum absolute atomic E-state index is 15.3. The van der Waals surface area contributed by atoms with Gasteiger partial charge in [-0.15, -0.1) is 11.8 Å². The summed E-state index contributed by atoms with van der Waals surface area (Å²) >= 11 is 1.36. The van der Waals surface area contributed by atoms with E-state index in [9.17, 15) is 34.5 Å². The summed E-state index contributed by atoms with van der Waals surface area (Å²) in [5.41, 5.74) is -6.48. The van der Waals surface area contributed by atoms with Crippen LogP contribution >= 0.6 is 11.8 Å². The number of thioether (sulfide) groups is 1. The van der Waals surface area contributed by atoms with Crippen LogP contribution in [0, 0.1) is 16.7 Å². The Morgan fingerprint density at radius 1 is 0.903 bits per heavy atom. The first-order valence-electron chi connectivity index (χ1n) is 20.5. The fourth-order valence-electron chi connectivity index (χ4n) is 10.2. The average molecular weight is 872 g/mol. The highest BCUT2D eigenvalue weighted by Crippen LogP contribution is 2.63. The second-order valence-corrected chi connectivity index (χ2v) is 18.2. The largest absolute Gasteiger partial charge is 0.455 e. The summed E-state index contributed by atoms with van der Waals surface area (Å²) in [5.74, 6) is -5.45. The molecule has 3 aromatic rings. The van der Waals surface area contributed by atoms with Gasteiger partial charge in [0.2, 0.25) is 6.10 Å². The number of hydrogen-bond acceptors (Lipinski definition) is 14. The maximum atomic E-state index is 15.3. The van der Waals surface area contributed by atoms with E-state index in [1.807, 2.05) is 6.26 Å². The molecule has 3 fully saturated rings. The van der Waals surface area contributed by atoms with Crippen LogP contribution in [0.3, 0.4) is 0 Å². The number of aliphatic hydroxyl groups excluding tert-OH is 1. The topological polar surface area (TPSA) is 204 Å². The molecule has 14 nitrogen and oxygen atoms in total. The molecule has 2 bridgehead atoms. The maximum Gasteiger partial charge on any atom is 0.350 e. The lowest BCUT2D eigenvalue weighted by atomic mass is 9.44. The molecule has 0 spiro atoms. The number of carbonyl (C=O) groups excluding carboxylic acids is 5. The molecule has 3 aromatic carbocycles. The fraction of sp³-hybridized carbons (Fsp3) is 0.468. The van der Waals surface area contributed by atoms with Gasteiger partial charge in [-0.25, -0.2) is 9.59 Å². The van der Waals surface area contributed by atoms with Crippen molar-refractivity contribution in [2.75, 3.05) is 18.8 Å². The standard InChI is InChI=1S/C47H53NO13S/c1-26-31(60-43(54)37(59-27(2)49)35(28-16-10-7-11-17-28)48-41(52)29-18-12-8-13-19-29)23-47(56)40(61-42(53)30-20-14-9-15-21-30)38-45(5,39(51)36(50)34(26)44(47,3)4)32(58-25-62-6)22-33-46(38,55)24-57-33/h7-21,31-33,35-38,40,50,55-56H,22-25H2,1-6H3,(H,48,52)/t31?,32?,33?,35?,36?,37?,38?,40?,45-,46+,47?/m1/s1. The molecule has 7 rings (SSSR count). The number of carbonyl (C=O) groups is 5. The molecule has 9 unspecified atom stereocenters. The Bertz CT molecular complexity index is 2220. The van der Waals surface area contributed by atoms with Crippen LogP contribution in [0.1, 0.15) is 79.8 Å². The predicted octanol–water partition coefficient (Wildman–Crippen LogP) is 4.51. The first kappa shape index (κ1) is 45.1. The normalized spacial score (nSPS) is 32.0. The highest BCUT2D eigenvalue weighted by molar-refractivity contribution is 7.98. The monoisotopic (exact) mass is 871 g/mol. The van der Waals surface area contributed by atoms with Crippen LogP contribution in [-0.2, 0) is 38.1 Å². The number of benzene rings is 3. The summed E-state index contributed by atoms with van der Waals surface area (Å²) in [6.07, 6.45) is -7.29. The molecule has 15 heteroatoms. The molecule has 0 aromatic heterocycles. The van der Waals surface area contributed by atoms with Gasteiger partial charge in [-0.3, -0.25) is 14.4 Å². The molecule has 0 radical (unpaired) electrons.